The van der Waals surface area contributed by atoms with Crippen LogP contribution in [0.1, 0.15) is 28.3 Å². The van der Waals surface area contributed by atoms with Crippen molar-refractivity contribution in [1.82, 2.24) is 5.32 Å². The highest BCUT2D eigenvalue weighted by atomic mass is 79.9. The summed E-state index contributed by atoms with van der Waals surface area (Å²) in [4.78, 5) is 0. The molecule has 3 heteroatoms. The number of fused-ring (bicyclic) bond motifs is 1. The first-order chi connectivity index (χ1) is 9.65. The van der Waals surface area contributed by atoms with Crippen LogP contribution in [0.2, 0.25) is 0 Å². The van der Waals surface area contributed by atoms with Crippen LogP contribution in [0.3, 0.4) is 0 Å². The SMILES string of the molecule is Cc1ccc(CN[C@@H]2c3ccccc3C[C@@H]2O)c(Br)c1. The molecule has 3 rings (SSSR count). The first-order valence-corrected chi connectivity index (χ1v) is 7.69. The Labute approximate surface area is 128 Å². The minimum atomic E-state index is -0.336. The van der Waals surface area contributed by atoms with E-state index in [0.717, 1.165) is 17.4 Å². The van der Waals surface area contributed by atoms with Crippen molar-refractivity contribution in [1.29, 1.82) is 0 Å². The molecule has 0 unspecified atom stereocenters. The molecule has 0 saturated carbocycles. The van der Waals surface area contributed by atoms with Crippen LogP contribution in [0, 0.1) is 6.92 Å². The second kappa shape index (κ2) is 5.68. The van der Waals surface area contributed by atoms with E-state index in [1.54, 1.807) is 0 Å². The number of aliphatic hydroxyl groups excluding tert-OH is 1. The van der Waals surface area contributed by atoms with E-state index in [-0.39, 0.29) is 12.1 Å². The summed E-state index contributed by atoms with van der Waals surface area (Å²) in [5.41, 5.74) is 4.93. The number of aliphatic hydroxyl groups is 1. The Morgan fingerprint density at radius 1 is 1.25 bits per heavy atom. The van der Waals surface area contributed by atoms with Gasteiger partial charge in [0, 0.05) is 17.4 Å². The van der Waals surface area contributed by atoms with Gasteiger partial charge >= 0.3 is 0 Å². The Morgan fingerprint density at radius 3 is 2.85 bits per heavy atom. The zero-order chi connectivity index (χ0) is 14.1. The fourth-order valence-electron chi connectivity index (χ4n) is 2.84. The van der Waals surface area contributed by atoms with Crippen molar-refractivity contribution in [3.8, 4) is 0 Å². The molecule has 0 aliphatic heterocycles. The van der Waals surface area contributed by atoms with E-state index in [4.69, 9.17) is 0 Å². The van der Waals surface area contributed by atoms with E-state index in [1.807, 2.05) is 12.1 Å². The fourth-order valence-corrected chi connectivity index (χ4v) is 3.47. The molecule has 0 bridgehead atoms. The lowest BCUT2D eigenvalue weighted by atomic mass is 10.1. The molecule has 20 heavy (non-hydrogen) atoms. The molecule has 1 aliphatic carbocycles. The Morgan fingerprint density at radius 2 is 2.05 bits per heavy atom. The zero-order valence-corrected chi connectivity index (χ0v) is 13.0. The normalized spacial score (nSPS) is 20.9. The molecule has 2 aromatic carbocycles. The van der Waals surface area contributed by atoms with E-state index in [9.17, 15) is 5.11 Å². The topological polar surface area (TPSA) is 32.3 Å². The number of rotatable bonds is 3. The third kappa shape index (κ3) is 2.66. The Kier molecular flexibility index (Phi) is 3.92. The average molecular weight is 332 g/mol. The molecule has 2 N–H and O–H groups in total. The summed E-state index contributed by atoms with van der Waals surface area (Å²) in [6, 6.07) is 14.7. The van der Waals surface area contributed by atoms with Gasteiger partial charge in [0.1, 0.15) is 0 Å². The minimum absolute atomic E-state index is 0.0272. The van der Waals surface area contributed by atoms with Crippen molar-refractivity contribution < 1.29 is 5.11 Å². The zero-order valence-electron chi connectivity index (χ0n) is 11.4. The first-order valence-electron chi connectivity index (χ1n) is 6.89. The van der Waals surface area contributed by atoms with E-state index in [0.29, 0.717) is 0 Å². The van der Waals surface area contributed by atoms with E-state index < -0.39 is 0 Å². The van der Waals surface area contributed by atoms with Crippen LogP contribution < -0.4 is 5.32 Å². The first kappa shape index (κ1) is 13.8. The van der Waals surface area contributed by atoms with E-state index >= 15 is 0 Å². The lowest BCUT2D eigenvalue weighted by Gasteiger charge is -2.18. The van der Waals surface area contributed by atoms with Gasteiger partial charge in [0.25, 0.3) is 0 Å². The lowest BCUT2D eigenvalue weighted by molar-refractivity contribution is 0.140. The molecule has 0 fully saturated rings. The molecule has 2 nitrogen and oxygen atoms in total. The van der Waals surface area contributed by atoms with Gasteiger partial charge in [-0.25, -0.2) is 0 Å². The van der Waals surface area contributed by atoms with E-state index in [1.165, 1.54) is 22.3 Å². The van der Waals surface area contributed by atoms with Gasteiger partial charge in [0.05, 0.1) is 12.1 Å². The molecule has 104 valence electrons. The summed E-state index contributed by atoms with van der Waals surface area (Å²) in [5.74, 6) is 0. The molecule has 0 aromatic heterocycles. The van der Waals surface area contributed by atoms with Crippen molar-refractivity contribution in [2.24, 2.45) is 0 Å². The van der Waals surface area contributed by atoms with Crippen molar-refractivity contribution in [2.45, 2.75) is 32.0 Å². The van der Waals surface area contributed by atoms with Crippen molar-refractivity contribution in [2.75, 3.05) is 0 Å². The summed E-state index contributed by atoms with van der Waals surface area (Å²) < 4.78 is 1.12. The van der Waals surface area contributed by atoms with Crippen LogP contribution >= 0.6 is 15.9 Å². The number of benzene rings is 2. The number of hydrogen-bond donors (Lipinski definition) is 2. The van der Waals surface area contributed by atoms with Gasteiger partial charge in [-0.05, 0) is 35.2 Å². The third-order valence-corrected chi connectivity index (χ3v) is 4.66. The van der Waals surface area contributed by atoms with Gasteiger partial charge < -0.3 is 10.4 Å². The maximum Gasteiger partial charge on any atom is 0.0775 e. The molecular formula is C17H18BrNO. The second-order valence-corrected chi connectivity index (χ2v) is 6.28. The molecule has 2 aromatic rings. The Balaban J connectivity index is 1.75. The van der Waals surface area contributed by atoms with Gasteiger partial charge in [-0.3, -0.25) is 0 Å². The standard InChI is InChI=1S/C17H18BrNO/c1-11-6-7-13(15(18)8-11)10-19-17-14-5-3-2-4-12(14)9-16(17)20/h2-8,16-17,19-20H,9-10H2,1H3/t16-,17+/m0/s1. The molecule has 0 amide bonds. The molecular weight excluding hydrogens is 314 g/mol. The monoisotopic (exact) mass is 331 g/mol. The van der Waals surface area contributed by atoms with Crippen LogP contribution in [0.4, 0.5) is 0 Å². The predicted molar refractivity (Wildman–Crippen MR) is 84.6 cm³/mol. The number of hydrogen-bond acceptors (Lipinski definition) is 2. The Bertz CT molecular complexity index is 626. The molecule has 1 aliphatic rings. The third-order valence-electron chi connectivity index (χ3n) is 3.92. The fraction of sp³-hybridized carbons (Fsp3) is 0.294. The lowest BCUT2D eigenvalue weighted by Crippen LogP contribution is -2.28. The second-order valence-electron chi connectivity index (χ2n) is 5.42. The van der Waals surface area contributed by atoms with Gasteiger partial charge in [-0.1, -0.05) is 52.3 Å². The number of nitrogens with one attached hydrogen (secondary N) is 1. The quantitative estimate of drug-likeness (QED) is 0.902. The molecule has 0 saturated heterocycles. The van der Waals surface area contributed by atoms with Gasteiger partial charge in [0.15, 0.2) is 0 Å². The van der Waals surface area contributed by atoms with Crippen LogP contribution in [0.5, 0.6) is 0 Å². The van der Waals surface area contributed by atoms with Crippen LogP contribution in [0.15, 0.2) is 46.9 Å². The van der Waals surface area contributed by atoms with Crippen molar-refractivity contribution >= 4 is 15.9 Å². The van der Waals surface area contributed by atoms with Gasteiger partial charge in [-0.15, -0.1) is 0 Å². The highest BCUT2D eigenvalue weighted by Gasteiger charge is 2.30. The Hall–Kier alpha value is -1.16. The minimum Gasteiger partial charge on any atom is -0.391 e. The summed E-state index contributed by atoms with van der Waals surface area (Å²) in [6.07, 6.45) is 0.403. The van der Waals surface area contributed by atoms with Crippen LogP contribution in [-0.4, -0.2) is 11.2 Å². The average Bonchev–Trinajstić information content (AvgIpc) is 2.74. The summed E-state index contributed by atoms with van der Waals surface area (Å²) in [6.45, 7) is 2.83. The highest BCUT2D eigenvalue weighted by Crippen LogP contribution is 2.31. The van der Waals surface area contributed by atoms with E-state index in [2.05, 4.69) is 58.5 Å². The molecule has 0 spiro atoms. The van der Waals surface area contributed by atoms with Gasteiger partial charge in [-0.2, -0.15) is 0 Å². The van der Waals surface area contributed by atoms with Crippen LogP contribution in [0.25, 0.3) is 0 Å². The highest BCUT2D eigenvalue weighted by molar-refractivity contribution is 9.10. The summed E-state index contributed by atoms with van der Waals surface area (Å²) in [7, 11) is 0. The summed E-state index contributed by atoms with van der Waals surface area (Å²) >= 11 is 3.60. The smallest absolute Gasteiger partial charge is 0.0775 e. The van der Waals surface area contributed by atoms with Crippen LogP contribution in [-0.2, 0) is 13.0 Å². The van der Waals surface area contributed by atoms with Crippen molar-refractivity contribution in [3.05, 3.63) is 69.2 Å². The molecule has 2 atom stereocenters. The molecule has 0 radical (unpaired) electrons. The number of aryl methyl sites for hydroxylation is 1. The van der Waals surface area contributed by atoms with Crippen molar-refractivity contribution in [3.63, 3.8) is 0 Å². The maximum absolute atomic E-state index is 10.2. The predicted octanol–water partition coefficient (Wildman–Crippen LogP) is 3.51. The largest absolute Gasteiger partial charge is 0.391 e. The molecule has 0 heterocycles. The number of halogens is 1. The van der Waals surface area contributed by atoms with Gasteiger partial charge in [0.2, 0.25) is 0 Å². The summed E-state index contributed by atoms with van der Waals surface area (Å²) in [5, 5.41) is 13.7. The maximum atomic E-state index is 10.2.